The van der Waals surface area contributed by atoms with E-state index >= 15 is 0 Å². The van der Waals surface area contributed by atoms with Crippen LogP contribution in [0.5, 0.6) is 0 Å². The van der Waals surface area contributed by atoms with Gasteiger partial charge in [-0.25, -0.2) is 18.4 Å². The Labute approximate surface area is 126 Å². The van der Waals surface area contributed by atoms with Crippen molar-refractivity contribution in [1.29, 1.82) is 0 Å². The van der Waals surface area contributed by atoms with Gasteiger partial charge in [0.05, 0.1) is 5.75 Å². The quantitative estimate of drug-likeness (QED) is 0.658. The third kappa shape index (κ3) is 3.69. The van der Waals surface area contributed by atoms with Gasteiger partial charge in [0.1, 0.15) is 0 Å². The molecule has 4 rings (SSSR count). The van der Waals surface area contributed by atoms with E-state index in [1.807, 2.05) is 0 Å². The van der Waals surface area contributed by atoms with Gasteiger partial charge in [0.25, 0.3) is 0 Å². The van der Waals surface area contributed by atoms with Crippen LogP contribution in [0.2, 0.25) is 0 Å². The minimum atomic E-state index is -3.44. The summed E-state index contributed by atoms with van der Waals surface area (Å²) in [6.07, 6.45) is 7.73. The number of nitrogens with one attached hydrogen (secondary N) is 2. The summed E-state index contributed by atoms with van der Waals surface area (Å²) in [5.74, 6) is 2.28. The van der Waals surface area contributed by atoms with Crippen LogP contribution in [0.25, 0.3) is 0 Å². The predicted octanol–water partition coefficient (Wildman–Crippen LogP) is 0.933. The molecule has 0 spiro atoms. The van der Waals surface area contributed by atoms with E-state index in [9.17, 15) is 13.2 Å². The first-order chi connectivity index (χ1) is 9.84. The molecule has 0 aromatic rings. The number of carbonyl (C=O) groups excluding carboxylic acids is 1. The van der Waals surface area contributed by atoms with E-state index in [1.54, 1.807) is 0 Å². The molecule has 4 aliphatic rings. The molecule has 4 fully saturated rings. The Morgan fingerprint density at radius 2 is 1.62 bits per heavy atom. The maximum Gasteiger partial charge on any atom is 0.315 e. The fraction of sp³-hybridized carbons (Fsp3) is 0.929. The molecule has 120 valence electrons. The monoisotopic (exact) mass is 315 g/mol. The number of amides is 2. The van der Waals surface area contributed by atoms with Crippen molar-refractivity contribution in [3.63, 3.8) is 0 Å². The molecule has 4 bridgehead atoms. The number of urea groups is 1. The predicted molar refractivity (Wildman–Crippen MR) is 80.0 cm³/mol. The summed E-state index contributed by atoms with van der Waals surface area (Å²) >= 11 is 0. The number of primary sulfonamides is 1. The molecular weight excluding hydrogens is 290 g/mol. The molecular formula is C14H25N3O3S. The highest BCUT2D eigenvalue weighted by molar-refractivity contribution is 7.89. The molecule has 21 heavy (non-hydrogen) atoms. The Morgan fingerprint density at radius 1 is 1.10 bits per heavy atom. The number of carbonyl (C=O) groups is 1. The zero-order valence-corrected chi connectivity index (χ0v) is 13.1. The number of sulfonamides is 1. The van der Waals surface area contributed by atoms with E-state index in [4.69, 9.17) is 5.14 Å². The van der Waals surface area contributed by atoms with Crippen LogP contribution in [0, 0.1) is 17.8 Å². The third-order valence-electron chi connectivity index (χ3n) is 5.31. The van der Waals surface area contributed by atoms with Crippen LogP contribution >= 0.6 is 0 Å². The topological polar surface area (TPSA) is 101 Å². The Bertz CT molecular complexity index is 482. The van der Waals surface area contributed by atoms with E-state index in [2.05, 4.69) is 10.6 Å². The van der Waals surface area contributed by atoms with Crippen molar-refractivity contribution >= 4 is 16.1 Å². The second kappa shape index (κ2) is 5.43. The number of hydrogen-bond acceptors (Lipinski definition) is 3. The molecule has 0 aromatic carbocycles. The molecule has 6 nitrogen and oxygen atoms in total. The highest BCUT2D eigenvalue weighted by Gasteiger charge is 2.51. The molecule has 0 aliphatic heterocycles. The van der Waals surface area contributed by atoms with Crippen molar-refractivity contribution in [1.82, 2.24) is 10.6 Å². The highest BCUT2D eigenvalue weighted by atomic mass is 32.2. The van der Waals surface area contributed by atoms with Crippen molar-refractivity contribution in [2.24, 2.45) is 22.9 Å². The summed E-state index contributed by atoms with van der Waals surface area (Å²) in [5, 5.41) is 10.9. The van der Waals surface area contributed by atoms with E-state index < -0.39 is 10.0 Å². The Balaban J connectivity index is 1.47. The van der Waals surface area contributed by atoms with Crippen LogP contribution in [0.3, 0.4) is 0 Å². The van der Waals surface area contributed by atoms with Gasteiger partial charge in [-0.3, -0.25) is 0 Å². The molecule has 0 aromatic heterocycles. The summed E-state index contributed by atoms with van der Waals surface area (Å²) in [4.78, 5) is 12.0. The smallest absolute Gasteiger partial charge is 0.315 e. The largest absolute Gasteiger partial charge is 0.338 e. The Kier molecular flexibility index (Phi) is 3.90. The second-order valence-electron chi connectivity index (χ2n) is 7.30. The molecule has 2 amide bonds. The third-order valence-corrected chi connectivity index (χ3v) is 6.17. The summed E-state index contributed by atoms with van der Waals surface area (Å²) in [7, 11) is -3.44. The summed E-state index contributed by atoms with van der Waals surface area (Å²) in [6.45, 7) is 0.342. The van der Waals surface area contributed by atoms with Gasteiger partial charge in [-0.15, -0.1) is 0 Å². The number of nitrogens with two attached hydrogens (primary N) is 1. The first-order valence-corrected chi connectivity index (χ1v) is 9.62. The van der Waals surface area contributed by atoms with Crippen LogP contribution in [-0.2, 0) is 10.0 Å². The van der Waals surface area contributed by atoms with Crippen LogP contribution < -0.4 is 15.8 Å². The van der Waals surface area contributed by atoms with E-state index in [0.29, 0.717) is 13.0 Å². The summed E-state index contributed by atoms with van der Waals surface area (Å²) < 4.78 is 21.6. The standard InChI is InChI=1S/C14H25N3O3S/c15-21(19,20)3-1-2-16-13(18)17-14-7-10-4-11(8-14)6-12(5-10)9-14/h10-12H,1-9H2,(H2,15,19,20)(H2,16,17,18). The van der Waals surface area contributed by atoms with Crippen LogP contribution in [0.15, 0.2) is 0 Å². The molecule has 0 unspecified atom stereocenters. The number of hydrogen-bond donors (Lipinski definition) is 3. The highest BCUT2D eigenvalue weighted by Crippen LogP contribution is 2.55. The van der Waals surface area contributed by atoms with Crippen molar-refractivity contribution in [3.8, 4) is 0 Å². The van der Waals surface area contributed by atoms with E-state index in [-0.39, 0.29) is 17.3 Å². The van der Waals surface area contributed by atoms with Crippen molar-refractivity contribution in [2.75, 3.05) is 12.3 Å². The lowest BCUT2D eigenvalue weighted by Gasteiger charge is -2.56. The van der Waals surface area contributed by atoms with E-state index in [0.717, 1.165) is 37.0 Å². The maximum absolute atomic E-state index is 12.0. The minimum absolute atomic E-state index is 0.00121. The van der Waals surface area contributed by atoms with Crippen molar-refractivity contribution in [2.45, 2.75) is 50.5 Å². The molecule has 4 N–H and O–H groups in total. The fourth-order valence-electron chi connectivity index (χ4n) is 5.02. The second-order valence-corrected chi connectivity index (χ2v) is 9.03. The maximum atomic E-state index is 12.0. The molecule has 4 saturated carbocycles. The minimum Gasteiger partial charge on any atom is -0.338 e. The molecule has 4 aliphatic carbocycles. The summed E-state index contributed by atoms with van der Waals surface area (Å²) in [5.41, 5.74) is -0.00121. The van der Waals surface area contributed by atoms with Gasteiger partial charge >= 0.3 is 6.03 Å². The van der Waals surface area contributed by atoms with E-state index in [1.165, 1.54) is 19.3 Å². The SMILES string of the molecule is NS(=O)(=O)CCCNC(=O)NC12CC3CC(CC(C3)C1)C2. The molecule has 0 saturated heterocycles. The van der Waals surface area contributed by atoms with Crippen molar-refractivity contribution in [3.05, 3.63) is 0 Å². The molecule has 0 atom stereocenters. The van der Waals surface area contributed by atoms with Gasteiger partial charge < -0.3 is 10.6 Å². The zero-order chi connectivity index (χ0) is 15.1. The average molecular weight is 315 g/mol. The van der Waals surface area contributed by atoms with Gasteiger partial charge in [-0.1, -0.05) is 0 Å². The average Bonchev–Trinajstić information content (AvgIpc) is 2.31. The van der Waals surface area contributed by atoms with Gasteiger partial charge in [-0.2, -0.15) is 0 Å². The van der Waals surface area contributed by atoms with Gasteiger partial charge in [0, 0.05) is 12.1 Å². The Morgan fingerprint density at radius 3 is 2.10 bits per heavy atom. The van der Waals surface area contributed by atoms with Gasteiger partial charge in [0.2, 0.25) is 10.0 Å². The lowest BCUT2D eigenvalue weighted by molar-refractivity contribution is -0.0135. The Hall–Kier alpha value is -0.820. The van der Waals surface area contributed by atoms with Crippen LogP contribution in [0.4, 0.5) is 4.79 Å². The lowest BCUT2D eigenvalue weighted by Crippen LogP contribution is -2.61. The normalized spacial score (nSPS) is 37.5. The number of rotatable bonds is 5. The molecule has 0 heterocycles. The zero-order valence-electron chi connectivity index (χ0n) is 12.3. The fourth-order valence-corrected chi connectivity index (χ4v) is 5.57. The van der Waals surface area contributed by atoms with Gasteiger partial charge in [0.15, 0.2) is 0 Å². The lowest BCUT2D eigenvalue weighted by atomic mass is 9.53. The first-order valence-electron chi connectivity index (χ1n) is 7.90. The first kappa shape index (κ1) is 15.1. The molecule has 0 radical (unpaired) electrons. The van der Waals surface area contributed by atoms with Crippen molar-refractivity contribution < 1.29 is 13.2 Å². The van der Waals surface area contributed by atoms with Crippen LogP contribution in [-0.4, -0.2) is 32.3 Å². The summed E-state index contributed by atoms with van der Waals surface area (Å²) in [6, 6.07) is -0.161. The van der Waals surface area contributed by atoms with Crippen LogP contribution in [0.1, 0.15) is 44.9 Å². The molecule has 7 heteroatoms. The van der Waals surface area contributed by atoms with Gasteiger partial charge in [-0.05, 0) is 62.7 Å².